The van der Waals surface area contributed by atoms with Crippen molar-refractivity contribution in [3.8, 4) is 0 Å². The molecule has 3 aliphatic rings. The van der Waals surface area contributed by atoms with Gasteiger partial charge in [0.1, 0.15) is 0 Å². The maximum absolute atomic E-state index is 13.1. The summed E-state index contributed by atoms with van der Waals surface area (Å²) in [6.45, 7) is 5.46. The monoisotopic (exact) mass is 340 g/mol. The minimum absolute atomic E-state index is 0.0605. The molecule has 1 spiro atoms. The second kappa shape index (κ2) is 6.47. The summed E-state index contributed by atoms with van der Waals surface area (Å²) in [4.78, 5) is 29.1. The lowest BCUT2D eigenvalue weighted by molar-refractivity contribution is -0.142. The van der Waals surface area contributed by atoms with E-state index in [9.17, 15) is 9.59 Å². The molecule has 0 radical (unpaired) electrons. The fourth-order valence-electron chi connectivity index (χ4n) is 5.03. The van der Waals surface area contributed by atoms with Gasteiger partial charge in [0, 0.05) is 32.6 Å². The van der Waals surface area contributed by atoms with E-state index >= 15 is 0 Å². The first-order chi connectivity index (χ1) is 12.1. The van der Waals surface area contributed by atoms with Gasteiger partial charge in [-0.05, 0) is 55.6 Å². The zero-order valence-electron chi connectivity index (χ0n) is 15.2. The molecule has 1 aliphatic carbocycles. The molecule has 4 rings (SSSR count). The van der Waals surface area contributed by atoms with Gasteiger partial charge in [-0.25, -0.2) is 0 Å². The normalized spacial score (nSPS) is 25.3. The van der Waals surface area contributed by atoms with Crippen LogP contribution in [-0.2, 0) is 16.0 Å². The summed E-state index contributed by atoms with van der Waals surface area (Å²) in [7, 11) is 0. The van der Waals surface area contributed by atoms with Crippen LogP contribution in [0.1, 0.15) is 56.1 Å². The van der Waals surface area contributed by atoms with E-state index in [1.807, 2.05) is 11.0 Å². The second-order valence-corrected chi connectivity index (χ2v) is 8.02. The van der Waals surface area contributed by atoms with Crippen molar-refractivity contribution in [3.63, 3.8) is 0 Å². The van der Waals surface area contributed by atoms with Crippen LogP contribution in [0.25, 0.3) is 0 Å². The summed E-state index contributed by atoms with van der Waals surface area (Å²) in [6.07, 6.45) is 5.73. The van der Waals surface area contributed by atoms with Gasteiger partial charge in [-0.3, -0.25) is 9.59 Å². The molecule has 0 saturated carbocycles. The van der Waals surface area contributed by atoms with Gasteiger partial charge in [-0.15, -0.1) is 0 Å². The largest absolute Gasteiger partial charge is 0.342 e. The van der Waals surface area contributed by atoms with Crippen LogP contribution in [0.5, 0.6) is 0 Å². The quantitative estimate of drug-likeness (QED) is 0.830. The lowest BCUT2D eigenvalue weighted by Crippen LogP contribution is -2.52. The zero-order valence-corrected chi connectivity index (χ0v) is 15.2. The fraction of sp³-hybridized carbons (Fsp3) is 0.619. The number of fused-ring (bicyclic) bond motifs is 1. The number of piperidine rings is 2. The van der Waals surface area contributed by atoms with Crippen LogP contribution in [-0.4, -0.2) is 47.8 Å². The molecule has 2 heterocycles. The Morgan fingerprint density at radius 3 is 2.68 bits per heavy atom. The summed E-state index contributed by atoms with van der Waals surface area (Å²) >= 11 is 0. The van der Waals surface area contributed by atoms with E-state index in [0.29, 0.717) is 18.2 Å². The third kappa shape index (κ3) is 2.96. The number of benzene rings is 1. The van der Waals surface area contributed by atoms with Gasteiger partial charge in [-0.1, -0.05) is 24.3 Å². The summed E-state index contributed by atoms with van der Waals surface area (Å²) in [5, 5.41) is 0. The summed E-state index contributed by atoms with van der Waals surface area (Å²) in [5.41, 5.74) is 2.83. The number of carbonyl (C=O) groups excluding carboxylic acids is 2. The highest BCUT2D eigenvalue weighted by Crippen LogP contribution is 2.41. The van der Waals surface area contributed by atoms with Crippen LogP contribution in [0.15, 0.2) is 24.3 Å². The van der Waals surface area contributed by atoms with Gasteiger partial charge in [0.2, 0.25) is 11.8 Å². The van der Waals surface area contributed by atoms with Gasteiger partial charge < -0.3 is 9.80 Å². The Morgan fingerprint density at radius 2 is 1.92 bits per heavy atom. The minimum Gasteiger partial charge on any atom is -0.342 e. The SMILES string of the molecule is CCN1CC2(CCC1=O)CCN(C(=O)[C@H]1CCc3ccccc31)CC2. The van der Waals surface area contributed by atoms with E-state index < -0.39 is 0 Å². The predicted octanol–water partition coefficient (Wildman–Crippen LogP) is 2.97. The maximum Gasteiger partial charge on any atom is 0.230 e. The Kier molecular flexibility index (Phi) is 4.30. The van der Waals surface area contributed by atoms with Crippen molar-refractivity contribution in [1.29, 1.82) is 0 Å². The highest BCUT2D eigenvalue weighted by atomic mass is 16.2. The molecule has 2 aliphatic heterocycles. The van der Waals surface area contributed by atoms with Crippen LogP contribution >= 0.6 is 0 Å². The Bertz CT molecular complexity index is 676. The zero-order chi connectivity index (χ0) is 17.4. The molecule has 0 aromatic heterocycles. The first-order valence-electron chi connectivity index (χ1n) is 9.76. The molecule has 0 N–H and O–H groups in total. The van der Waals surface area contributed by atoms with Crippen molar-refractivity contribution in [1.82, 2.24) is 9.80 Å². The van der Waals surface area contributed by atoms with E-state index in [2.05, 4.69) is 30.0 Å². The van der Waals surface area contributed by atoms with E-state index in [-0.39, 0.29) is 11.3 Å². The van der Waals surface area contributed by atoms with Crippen molar-refractivity contribution < 1.29 is 9.59 Å². The molecular weight excluding hydrogens is 312 g/mol. The standard InChI is InChI=1S/C21H28N2O2/c1-2-22-15-21(10-9-19(22)24)11-13-23(14-12-21)20(25)18-8-7-16-5-3-4-6-17(16)18/h3-6,18H,2,7-15H2,1H3/t18-/m0/s1. The van der Waals surface area contributed by atoms with E-state index in [0.717, 1.165) is 58.3 Å². The number of hydrogen-bond acceptors (Lipinski definition) is 2. The molecule has 25 heavy (non-hydrogen) atoms. The maximum atomic E-state index is 13.1. The molecule has 4 nitrogen and oxygen atoms in total. The lowest BCUT2D eigenvalue weighted by Gasteiger charge is -2.47. The lowest BCUT2D eigenvalue weighted by atomic mass is 9.72. The number of hydrogen-bond donors (Lipinski definition) is 0. The number of rotatable bonds is 2. The van der Waals surface area contributed by atoms with Gasteiger partial charge in [0.05, 0.1) is 5.92 Å². The molecule has 2 fully saturated rings. The molecule has 4 heteroatoms. The second-order valence-electron chi connectivity index (χ2n) is 8.02. The first-order valence-corrected chi connectivity index (χ1v) is 9.76. The average Bonchev–Trinajstić information content (AvgIpc) is 3.08. The van der Waals surface area contributed by atoms with Crippen molar-refractivity contribution in [2.75, 3.05) is 26.2 Å². The number of amides is 2. The predicted molar refractivity (Wildman–Crippen MR) is 97.2 cm³/mol. The van der Waals surface area contributed by atoms with E-state index in [4.69, 9.17) is 0 Å². The van der Waals surface area contributed by atoms with Crippen LogP contribution in [0.4, 0.5) is 0 Å². The third-order valence-corrected chi connectivity index (χ3v) is 6.70. The summed E-state index contributed by atoms with van der Waals surface area (Å²) in [6, 6.07) is 8.41. The van der Waals surface area contributed by atoms with E-state index in [1.165, 1.54) is 11.1 Å². The average molecular weight is 340 g/mol. The Labute approximate surface area is 150 Å². The smallest absolute Gasteiger partial charge is 0.230 e. The number of nitrogens with zero attached hydrogens (tertiary/aromatic N) is 2. The number of likely N-dealkylation sites (tertiary alicyclic amines) is 2. The number of aryl methyl sites for hydroxylation is 1. The van der Waals surface area contributed by atoms with Gasteiger partial charge in [0.15, 0.2) is 0 Å². The molecule has 1 aromatic rings. The molecule has 0 unspecified atom stereocenters. The van der Waals surface area contributed by atoms with E-state index in [1.54, 1.807) is 0 Å². The molecule has 1 aromatic carbocycles. The van der Waals surface area contributed by atoms with Crippen LogP contribution < -0.4 is 0 Å². The molecule has 2 amide bonds. The van der Waals surface area contributed by atoms with Crippen LogP contribution in [0, 0.1) is 5.41 Å². The van der Waals surface area contributed by atoms with Crippen molar-refractivity contribution in [3.05, 3.63) is 35.4 Å². The first kappa shape index (κ1) is 16.6. The van der Waals surface area contributed by atoms with Gasteiger partial charge in [0.25, 0.3) is 0 Å². The van der Waals surface area contributed by atoms with Crippen molar-refractivity contribution >= 4 is 11.8 Å². The Hall–Kier alpha value is -1.84. The minimum atomic E-state index is 0.0605. The Balaban J connectivity index is 1.41. The molecule has 1 atom stereocenters. The molecule has 0 bridgehead atoms. The highest BCUT2D eigenvalue weighted by molar-refractivity contribution is 5.85. The topological polar surface area (TPSA) is 40.6 Å². The van der Waals surface area contributed by atoms with Crippen LogP contribution in [0.3, 0.4) is 0 Å². The summed E-state index contributed by atoms with van der Waals surface area (Å²) < 4.78 is 0. The number of carbonyl (C=O) groups is 2. The van der Waals surface area contributed by atoms with Gasteiger partial charge in [-0.2, -0.15) is 0 Å². The molecule has 2 saturated heterocycles. The molecular formula is C21H28N2O2. The van der Waals surface area contributed by atoms with Crippen LogP contribution in [0.2, 0.25) is 0 Å². The van der Waals surface area contributed by atoms with Crippen molar-refractivity contribution in [2.45, 2.75) is 51.4 Å². The Morgan fingerprint density at radius 1 is 1.16 bits per heavy atom. The third-order valence-electron chi connectivity index (χ3n) is 6.70. The highest BCUT2D eigenvalue weighted by Gasteiger charge is 2.42. The summed E-state index contributed by atoms with van der Waals surface area (Å²) in [5.74, 6) is 0.679. The fourth-order valence-corrected chi connectivity index (χ4v) is 5.03. The molecule has 134 valence electrons. The van der Waals surface area contributed by atoms with Crippen molar-refractivity contribution in [2.24, 2.45) is 5.41 Å². The van der Waals surface area contributed by atoms with Gasteiger partial charge >= 0.3 is 0 Å².